The molecule has 0 fully saturated rings. The lowest BCUT2D eigenvalue weighted by atomic mass is 10.2. The molecule has 1 unspecified atom stereocenters. The maximum atomic E-state index is 11.5. The van der Waals surface area contributed by atoms with Gasteiger partial charge in [0, 0.05) is 11.8 Å². The topological polar surface area (TPSA) is 73.6 Å². The number of esters is 1. The van der Waals surface area contributed by atoms with E-state index in [0.717, 1.165) is 12.1 Å². The Morgan fingerprint density at radius 1 is 1.42 bits per heavy atom. The fourth-order valence-corrected chi connectivity index (χ4v) is 1.54. The van der Waals surface area contributed by atoms with Crippen molar-refractivity contribution < 1.29 is 14.3 Å². The second kappa shape index (κ2) is 7.51. The first-order chi connectivity index (χ1) is 9.08. The van der Waals surface area contributed by atoms with Crippen molar-refractivity contribution >= 4 is 17.3 Å². The van der Waals surface area contributed by atoms with Crippen LogP contribution in [0.4, 0.5) is 11.4 Å². The summed E-state index contributed by atoms with van der Waals surface area (Å²) in [6, 6.07) is 4.94. The van der Waals surface area contributed by atoms with Crippen molar-refractivity contribution in [2.75, 3.05) is 24.3 Å². The van der Waals surface area contributed by atoms with Crippen LogP contribution in [0.2, 0.25) is 0 Å². The summed E-state index contributed by atoms with van der Waals surface area (Å²) in [5.41, 5.74) is 7.19. The number of hydrogen-bond acceptors (Lipinski definition) is 5. The molecule has 106 valence electrons. The van der Waals surface area contributed by atoms with Crippen LogP contribution in [0.25, 0.3) is 0 Å². The summed E-state index contributed by atoms with van der Waals surface area (Å²) in [7, 11) is 0. The maximum Gasteiger partial charge on any atom is 0.328 e. The third-order valence-corrected chi connectivity index (χ3v) is 2.50. The van der Waals surface area contributed by atoms with Crippen LogP contribution >= 0.6 is 0 Å². The van der Waals surface area contributed by atoms with E-state index in [9.17, 15) is 4.79 Å². The van der Waals surface area contributed by atoms with Gasteiger partial charge in [-0.2, -0.15) is 0 Å². The Morgan fingerprint density at radius 3 is 2.79 bits per heavy atom. The van der Waals surface area contributed by atoms with Crippen molar-refractivity contribution in [1.82, 2.24) is 0 Å². The number of nitrogens with two attached hydrogens (primary N) is 1. The van der Waals surface area contributed by atoms with Gasteiger partial charge in [-0.3, -0.25) is 0 Å². The minimum Gasteiger partial charge on any atom is -0.491 e. The monoisotopic (exact) mass is 266 g/mol. The van der Waals surface area contributed by atoms with E-state index in [1.165, 1.54) is 0 Å². The van der Waals surface area contributed by atoms with Gasteiger partial charge in [-0.15, -0.1) is 0 Å². The second-order valence-corrected chi connectivity index (χ2v) is 4.22. The molecule has 0 amide bonds. The van der Waals surface area contributed by atoms with Crippen LogP contribution in [0.5, 0.6) is 5.75 Å². The molecule has 1 aromatic rings. The number of carbonyl (C=O) groups is 1. The largest absolute Gasteiger partial charge is 0.491 e. The summed E-state index contributed by atoms with van der Waals surface area (Å²) >= 11 is 0. The summed E-state index contributed by atoms with van der Waals surface area (Å²) < 4.78 is 10.5. The van der Waals surface area contributed by atoms with E-state index in [1.807, 2.05) is 13.0 Å². The molecule has 3 N–H and O–H groups in total. The van der Waals surface area contributed by atoms with Crippen LogP contribution in [0.3, 0.4) is 0 Å². The molecular formula is C14H22N2O3. The van der Waals surface area contributed by atoms with E-state index >= 15 is 0 Å². The molecule has 5 heteroatoms. The number of carbonyl (C=O) groups excluding carboxylic acids is 1. The highest BCUT2D eigenvalue weighted by Crippen LogP contribution is 2.26. The van der Waals surface area contributed by atoms with Crippen molar-refractivity contribution in [1.29, 1.82) is 0 Å². The van der Waals surface area contributed by atoms with Crippen molar-refractivity contribution in [3.8, 4) is 5.75 Å². The minimum absolute atomic E-state index is 0.282. The lowest BCUT2D eigenvalue weighted by Crippen LogP contribution is -2.28. The SMILES string of the molecule is CCCOc1cc(NC(C)C(=O)OCC)ccc1N. The summed E-state index contributed by atoms with van der Waals surface area (Å²) in [5, 5.41) is 3.06. The van der Waals surface area contributed by atoms with Crippen molar-refractivity contribution in [3.05, 3.63) is 18.2 Å². The van der Waals surface area contributed by atoms with Crippen LogP contribution in [-0.2, 0) is 9.53 Å². The van der Waals surface area contributed by atoms with Gasteiger partial charge >= 0.3 is 5.97 Å². The van der Waals surface area contributed by atoms with Crippen LogP contribution < -0.4 is 15.8 Å². The highest BCUT2D eigenvalue weighted by molar-refractivity contribution is 5.79. The molecule has 0 heterocycles. The third kappa shape index (κ3) is 4.69. The van der Waals surface area contributed by atoms with Crippen molar-refractivity contribution in [3.63, 3.8) is 0 Å². The minimum atomic E-state index is -0.414. The van der Waals surface area contributed by atoms with Crippen LogP contribution in [0.15, 0.2) is 18.2 Å². The Balaban J connectivity index is 2.70. The van der Waals surface area contributed by atoms with E-state index in [1.54, 1.807) is 26.0 Å². The second-order valence-electron chi connectivity index (χ2n) is 4.22. The summed E-state index contributed by atoms with van der Waals surface area (Å²) in [4.78, 5) is 11.5. The Bertz CT molecular complexity index is 421. The van der Waals surface area contributed by atoms with Gasteiger partial charge in [-0.1, -0.05) is 6.92 Å². The standard InChI is InChI=1S/C14H22N2O3/c1-4-8-19-13-9-11(6-7-12(13)15)16-10(3)14(17)18-5-2/h6-7,9-10,16H,4-5,8,15H2,1-3H3. The fraction of sp³-hybridized carbons (Fsp3) is 0.500. The zero-order chi connectivity index (χ0) is 14.3. The van der Waals surface area contributed by atoms with Gasteiger partial charge in [0.15, 0.2) is 0 Å². The Labute approximate surface area is 114 Å². The van der Waals surface area contributed by atoms with E-state index in [4.69, 9.17) is 15.2 Å². The van der Waals surface area contributed by atoms with Gasteiger partial charge < -0.3 is 20.5 Å². The van der Waals surface area contributed by atoms with Gasteiger partial charge in [0.05, 0.1) is 18.9 Å². The summed E-state index contributed by atoms with van der Waals surface area (Å²) in [6.07, 6.45) is 0.913. The first kappa shape index (κ1) is 15.1. The van der Waals surface area contributed by atoms with Gasteiger partial charge in [0.2, 0.25) is 0 Å². The molecule has 0 aliphatic rings. The smallest absolute Gasteiger partial charge is 0.328 e. The Hall–Kier alpha value is -1.91. The lowest BCUT2D eigenvalue weighted by Gasteiger charge is -2.15. The average molecular weight is 266 g/mol. The summed E-state index contributed by atoms with van der Waals surface area (Å²) in [6.45, 7) is 6.55. The Kier molecular flexibility index (Phi) is 5.99. The van der Waals surface area contributed by atoms with E-state index in [2.05, 4.69) is 5.32 Å². The predicted molar refractivity (Wildman–Crippen MR) is 76.4 cm³/mol. The number of anilines is 2. The maximum absolute atomic E-state index is 11.5. The molecule has 0 aliphatic heterocycles. The van der Waals surface area contributed by atoms with Gasteiger partial charge in [0.25, 0.3) is 0 Å². The predicted octanol–water partition coefficient (Wildman–Crippen LogP) is 2.42. The number of ether oxygens (including phenoxy) is 2. The van der Waals surface area contributed by atoms with E-state index in [-0.39, 0.29) is 5.97 Å². The van der Waals surface area contributed by atoms with Crippen LogP contribution in [0.1, 0.15) is 27.2 Å². The average Bonchev–Trinajstić information content (AvgIpc) is 2.39. The van der Waals surface area contributed by atoms with Gasteiger partial charge in [-0.25, -0.2) is 4.79 Å². The van der Waals surface area contributed by atoms with E-state index < -0.39 is 6.04 Å². The summed E-state index contributed by atoms with van der Waals surface area (Å²) in [5.74, 6) is 0.346. The van der Waals surface area contributed by atoms with Gasteiger partial charge in [-0.05, 0) is 32.4 Å². The quantitative estimate of drug-likeness (QED) is 0.585. The molecule has 0 aliphatic carbocycles. The lowest BCUT2D eigenvalue weighted by molar-refractivity contribution is -0.143. The first-order valence-corrected chi connectivity index (χ1v) is 6.54. The fourth-order valence-electron chi connectivity index (χ4n) is 1.54. The number of nitrogen functional groups attached to an aromatic ring is 1. The van der Waals surface area contributed by atoms with Gasteiger partial charge in [0.1, 0.15) is 11.8 Å². The molecule has 1 rings (SSSR count). The van der Waals surface area contributed by atoms with Crippen molar-refractivity contribution in [2.45, 2.75) is 33.2 Å². The molecule has 0 saturated carbocycles. The number of benzene rings is 1. The highest BCUT2D eigenvalue weighted by Gasteiger charge is 2.14. The number of rotatable bonds is 7. The molecule has 1 aromatic carbocycles. The number of hydrogen-bond donors (Lipinski definition) is 2. The van der Waals surface area contributed by atoms with Crippen LogP contribution in [0, 0.1) is 0 Å². The van der Waals surface area contributed by atoms with Crippen molar-refractivity contribution in [2.24, 2.45) is 0 Å². The normalized spacial score (nSPS) is 11.7. The molecule has 0 aromatic heterocycles. The zero-order valence-corrected chi connectivity index (χ0v) is 11.7. The first-order valence-electron chi connectivity index (χ1n) is 6.54. The molecule has 0 saturated heterocycles. The number of nitrogens with one attached hydrogen (secondary N) is 1. The van der Waals surface area contributed by atoms with E-state index in [0.29, 0.717) is 24.7 Å². The molecule has 0 bridgehead atoms. The molecule has 0 radical (unpaired) electrons. The molecule has 5 nitrogen and oxygen atoms in total. The van der Waals surface area contributed by atoms with Crippen LogP contribution in [-0.4, -0.2) is 25.2 Å². The highest BCUT2D eigenvalue weighted by atomic mass is 16.5. The molecule has 1 atom stereocenters. The molecular weight excluding hydrogens is 244 g/mol. The molecule has 0 spiro atoms. The molecule has 19 heavy (non-hydrogen) atoms. The third-order valence-electron chi connectivity index (χ3n) is 2.50. The zero-order valence-electron chi connectivity index (χ0n) is 11.7. The Morgan fingerprint density at radius 2 is 2.16 bits per heavy atom.